The van der Waals surface area contributed by atoms with E-state index >= 15 is 0 Å². The molecule has 0 saturated carbocycles. The van der Waals surface area contributed by atoms with Crippen molar-refractivity contribution >= 4 is 11.6 Å². The van der Waals surface area contributed by atoms with Gasteiger partial charge in [-0.3, -0.25) is 0 Å². The lowest BCUT2D eigenvalue weighted by Gasteiger charge is -2.21. The van der Waals surface area contributed by atoms with Crippen molar-refractivity contribution in [3.63, 3.8) is 0 Å². The van der Waals surface area contributed by atoms with E-state index in [0.717, 1.165) is 0 Å². The monoisotopic (exact) mass is 269 g/mol. The zero-order valence-corrected chi connectivity index (χ0v) is 11.9. The molecule has 1 heterocycles. The van der Waals surface area contributed by atoms with Gasteiger partial charge in [-0.1, -0.05) is 20.8 Å². The molecule has 0 fully saturated rings. The van der Waals surface area contributed by atoms with E-state index in [1.165, 1.54) is 0 Å². The van der Waals surface area contributed by atoms with Crippen LogP contribution < -0.4 is 16.6 Å². The maximum Gasteiger partial charge on any atom is 0.145 e. The van der Waals surface area contributed by atoms with E-state index in [1.807, 2.05) is 20.8 Å². The van der Waals surface area contributed by atoms with Crippen LogP contribution in [0, 0.1) is 0 Å². The molecule has 1 unspecified atom stereocenters. The Bertz CT molecular complexity index is 406. The summed E-state index contributed by atoms with van der Waals surface area (Å²) in [6.45, 7) is 6.39. The zero-order chi connectivity index (χ0) is 14.5. The minimum absolute atomic E-state index is 0.0475. The number of ether oxygens (including phenoxy) is 1. The lowest BCUT2D eigenvalue weighted by Crippen LogP contribution is -2.30. The quantitative estimate of drug-likeness (QED) is 0.439. The molecule has 1 aromatic heterocycles. The Morgan fingerprint density at radius 2 is 2.00 bits per heavy atom. The third kappa shape index (κ3) is 4.62. The molecular formula is C12H23N5O2. The zero-order valence-electron chi connectivity index (χ0n) is 11.9. The SMILES string of the molecule is COCC(CO)Nc1cc(NN)nc(C(C)(C)C)n1. The van der Waals surface area contributed by atoms with E-state index in [9.17, 15) is 5.11 Å². The molecule has 0 radical (unpaired) electrons. The fourth-order valence-electron chi connectivity index (χ4n) is 1.48. The number of nitrogens with zero attached hydrogens (tertiary/aromatic N) is 2. The van der Waals surface area contributed by atoms with Crippen molar-refractivity contribution in [2.24, 2.45) is 5.84 Å². The molecule has 0 saturated heterocycles. The van der Waals surface area contributed by atoms with Crippen molar-refractivity contribution in [1.82, 2.24) is 9.97 Å². The fraction of sp³-hybridized carbons (Fsp3) is 0.667. The molecule has 1 aromatic rings. The normalized spacial score (nSPS) is 13.2. The van der Waals surface area contributed by atoms with Crippen LogP contribution >= 0.6 is 0 Å². The van der Waals surface area contributed by atoms with E-state index in [4.69, 9.17) is 10.6 Å². The number of rotatable bonds is 6. The van der Waals surface area contributed by atoms with Gasteiger partial charge in [-0.25, -0.2) is 15.8 Å². The number of nitrogens with one attached hydrogen (secondary N) is 2. The van der Waals surface area contributed by atoms with Crippen LogP contribution in [0.1, 0.15) is 26.6 Å². The molecule has 7 nitrogen and oxygen atoms in total. The average molecular weight is 269 g/mol. The van der Waals surface area contributed by atoms with E-state index in [-0.39, 0.29) is 18.1 Å². The topological polar surface area (TPSA) is 105 Å². The van der Waals surface area contributed by atoms with Crippen molar-refractivity contribution in [3.8, 4) is 0 Å². The Labute approximate surface area is 113 Å². The summed E-state index contributed by atoms with van der Waals surface area (Å²) in [6.07, 6.45) is 0. The number of methoxy groups -OCH3 is 1. The van der Waals surface area contributed by atoms with Gasteiger partial charge in [0.1, 0.15) is 17.5 Å². The van der Waals surface area contributed by atoms with Crippen LogP contribution in [0.5, 0.6) is 0 Å². The van der Waals surface area contributed by atoms with Crippen molar-refractivity contribution in [1.29, 1.82) is 0 Å². The van der Waals surface area contributed by atoms with Crippen LogP contribution in [0.15, 0.2) is 6.07 Å². The minimum Gasteiger partial charge on any atom is -0.394 e. The van der Waals surface area contributed by atoms with Crippen LogP contribution in [-0.4, -0.2) is 41.4 Å². The lowest BCUT2D eigenvalue weighted by atomic mass is 9.96. The first-order chi connectivity index (χ1) is 8.90. The largest absolute Gasteiger partial charge is 0.394 e. The number of hydrazine groups is 1. The van der Waals surface area contributed by atoms with Gasteiger partial charge in [-0.2, -0.15) is 0 Å². The third-order valence-electron chi connectivity index (χ3n) is 2.49. The first-order valence-electron chi connectivity index (χ1n) is 6.13. The smallest absolute Gasteiger partial charge is 0.145 e. The third-order valence-corrected chi connectivity index (χ3v) is 2.49. The highest BCUT2D eigenvalue weighted by molar-refractivity contribution is 5.48. The molecule has 5 N–H and O–H groups in total. The number of aromatic nitrogens is 2. The fourth-order valence-corrected chi connectivity index (χ4v) is 1.48. The molecule has 7 heteroatoms. The molecule has 0 amide bonds. The Morgan fingerprint density at radius 1 is 1.37 bits per heavy atom. The number of hydrogen-bond acceptors (Lipinski definition) is 7. The van der Waals surface area contributed by atoms with E-state index in [2.05, 4.69) is 20.7 Å². The summed E-state index contributed by atoms with van der Waals surface area (Å²) in [6, 6.07) is 1.46. The van der Waals surface area contributed by atoms with Gasteiger partial charge in [0, 0.05) is 18.6 Å². The average Bonchev–Trinajstić information content (AvgIpc) is 2.36. The van der Waals surface area contributed by atoms with Crippen molar-refractivity contribution in [2.45, 2.75) is 32.2 Å². The molecule has 108 valence electrons. The number of nitrogen functional groups attached to an aromatic ring is 1. The Balaban J connectivity index is 3.00. The highest BCUT2D eigenvalue weighted by atomic mass is 16.5. The van der Waals surface area contributed by atoms with Gasteiger partial charge in [0.15, 0.2) is 0 Å². The second-order valence-corrected chi connectivity index (χ2v) is 5.34. The number of aliphatic hydroxyl groups excluding tert-OH is 1. The standard InChI is InChI=1S/C12H23N5O2/c1-12(2,3)11-15-9(5-10(16-11)17-13)14-8(6-18)7-19-4/h5,8,18H,6-7,13H2,1-4H3,(H2,14,15,16,17). The molecule has 0 aromatic carbocycles. The van der Waals surface area contributed by atoms with Gasteiger partial charge in [0.05, 0.1) is 19.3 Å². The summed E-state index contributed by atoms with van der Waals surface area (Å²) in [7, 11) is 1.58. The van der Waals surface area contributed by atoms with Gasteiger partial charge in [-0.15, -0.1) is 0 Å². The van der Waals surface area contributed by atoms with Crippen LogP contribution in [0.3, 0.4) is 0 Å². The summed E-state index contributed by atoms with van der Waals surface area (Å²) in [5, 5.41) is 12.3. The molecule has 0 spiro atoms. The summed E-state index contributed by atoms with van der Waals surface area (Å²) in [4.78, 5) is 8.76. The predicted molar refractivity (Wildman–Crippen MR) is 74.9 cm³/mol. The summed E-state index contributed by atoms with van der Waals surface area (Å²) < 4.78 is 5.01. The Hall–Kier alpha value is -1.44. The Morgan fingerprint density at radius 3 is 2.47 bits per heavy atom. The minimum atomic E-state index is -0.224. The number of anilines is 2. The van der Waals surface area contributed by atoms with Gasteiger partial charge in [-0.05, 0) is 0 Å². The lowest BCUT2D eigenvalue weighted by molar-refractivity contribution is 0.153. The van der Waals surface area contributed by atoms with Crippen molar-refractivity contribution < 1.29 is 9.84 Å². The number of aliphatic hydroxyl groups is 1. The van der Waals surface area contributed by atoms with E-state index < -0.39 is 0 Å². The molecule has 0 aliphatic carbocycles. The van der Waals surface area contributed by atoms with Crippen LogP contribution in [-0.2, 0) is 10.2 Å². The molecule has 1 atom stereocenters. The van der Waals surface area contributed by atoms with Crippen LogP contribution in [0.2, 0.25) is 0 Å². The first-order valence-corrected chi connectivity index (χ1v) is 6.13. The maximum atomic E-state index is 9.25. The summed E-state index contributed by atoms with van der Waals surface area (Å²) in [5.41, 5.74) is 2.32. The van der Waals surface area contributed by atoms with E-state index in [1.54, 1.807) is 13.2 Å². The molecule has 0 aliphatic heterocycles. The number of nitrogens with two attached hydrogens (primary N) is 1. The van der Waals surface area contributed by atoms with Crippen LogP contribution in [0.25, 0.3) is 0 Å². The van der Waals surface area contributed by atoms with Gasteiger partial charge in [0.2, 0.25) is 0 Å². The Kier molecular flexibility index (Phi) is 5.46. The first kappa shape index (κ1) is 15.6. The predicted octanol–water partition coefficient (Wildman–Crippen LogP) is 0.479. The van der Waals surface area contributed by atoms with E-state index in [0.29, 0.717) is 24.1 Å². The second kappa shape index (κ2) is 6.65. The number of hydrogen-bond donors (Lipinski definition) is 4. The van der Waals surface area contributed by atoms with Crippen molar-refractivity contribution in [2.75, 3.05) is 31.1 Å². The maximum absolute atomic E-state index is 9.25. The molecular weight excluding hydrogens is 246 g/mol. The summed E-state index contributed by atoms with van der Waals surface area (Å²) in [5.74, 6) is 7.20. The molecule has 0 aliphatic rings. The van der Waals surface area contributed by atoms with Gasteiger partial charge < -0.3 is 20.6 Å². The summed E-state index contributed by atoms with van der Waals surface area (Å²) >= 11 is 0. The second-order valence-electron chi connectivity index (χ2n) is 5.34. The van der Waals surface area contributed by atoms with Gasteiger partial charge >= 0.3 is 0 Å². The molecule has 0 bridgehead atoms. The highest BCUT2D eigenvalue weighted by Gasteiger charge is 2.19. The molecule has 1 rings (SSSR count). The van der Waals surface area contributed by atoms with Crippen molar-refractivity contribution in [3.05, 3.63) is 11.9 Å². The highest BCUT2D eigenvalue weighted by Crippen LogP contribution is 2.22. The van der Waals surface area contributed by atoms with Crippen LogP contribution in [0.4, 0.5) is 11.6 Å². The van der Waals surface area contributed by atoms with Gasteiger partial charge in [0.25, 0.3) is 0 Å². The molecule has 19 heavy (non-hydrogen) atoms.